The van der Waals surface area contributed by atoms with Crippen molar-refractivity contribution >= 4 is 15.7 Å². The molecule has 0 aromatic heterocycles. The van der Waals surface area contributed by atoms with Gasteiger partial charge in [-0.3, -0.25) is 4.79 Å². The van der Waals surface area contributed by atoms with Crippen LogP contribution in [0.4, 0.5) is 4.39 Å². The second-order valence-corrected chi connectivity index (χ2v) is 9.81. The van der Waals surface area contributed by atoms with Gasteiger partial charge < -0.3 is 4.90 Å². The quantitative estimate of drug-likeness (QED) is 0.643. The molecule has 2 aromatic rings. The lowest BCUT2D eigenvalue weighted by atomic mass is 10.1. The molecule has 0 aliphatic heterocycles. The summed E-state index contributed by atoms with van der Waals surface area (Å²) in [5, 5.41) is 8.85. The van der Waals surface area contributed by atoms with Crippen molar-refractivity contribution in [2.45, 2.75) is 43.9 Å². The number of hydrogen-bond acceptors (Lipinski definition) is 4. The Morgan fingerprint density at radius 3 is 2.23 bits per heavy atom. The summed E-state index contributed by atoms with van der Waals surface area (Å²) in [6, 6.07) is 14.5. The fourth-order valence-corrected chi connectivity index (χ4v) is 5.22. The van der Waals surface area contributed by atoms with Crippen LogP contribution in [0.15, 0.2) is 48.5 Å². The third-order valence-corrected chi connectivity index (χ3v) is 6.91. The minimum Gasteiger partial charge on any atom is -0.339 e. The molecule has 30 heavy (non-hydrogen) atoms. The molecular formula is C23H25FN2O3S. The fourth-order valence-electron chi connectivity index (χ4n) is 3.88. The van der Waals surface area contributed by atoms with Crippen LogP contribution >= 0.6 is 0 Å². The molecule has 7 heteroatoms. The van der Waals surface area contributed by atoms with E-state index in [2.05, 4.69) is 0 Å². The highest BCUT2D eigenvalue weighted by Crippen LogP contribution is 2.24. The highest BCUT2D eigenvalue weighted by molar-refractivity contribution is 7.91. The highest BCUT2D eigenvalue weighted by atomic mass is 32.2. The van der Waals surface area contributed by atoms with E-state index in [0.717, 1.165) is 31.2 Å². The average molecular weight is 429 g/mol. The lowest BCUT2D eigenvalue weighted by molar-refractivity contribution is -0.130. The molecule has 1 amide bonds. The van der Waals surface area contributed by atoms with Crippen LogP contribution in [0.1, 0.15) is 42.4 Å². The van der Waals surface area contributed by atoms with Crippen LogP contribution in [0.25, 0.3) is 0 Å². The second-order valence-electron chi connectivity index (χ2n) is 7.74. The molecule has 0 saturated heterocycles. The summed E-state index contributed by atoms with van der Waals surface area (Å²) in [6.07, 6.45) is 4.37. The van der Waals surface area contributed by atoms with Crippen molar-refractivity contribution < 1.29 is 17.6 Å². The van der Waals surface area contributed by atoms with Gasteiger partial charge in [0.15, 0.2) is 9.84 Å². The standard InChI is InChI=1S/C23H25FN2O3S/c24-21-11-9-18(10-12-21)13-14-26(22-3-1-2-4-22)23(27)17-30(28,29)16-20-7-5-19(15-25)6-8-20/h5-12,22H,1-4,13-14,16-17H2. The van der Waals surface area contributed by atoms with E-state index in [4.69, 9.17) is 5.26 Å². The van der Waals surface area contributed by atoms with Gasteiger partial charge in [0.25, 0.3) is 0 Å². The van der Waals surface area contributed by atoms with Gasteiger partial charge in [-0.25, -0.2) is 12.8 Å². The summed E-state index contributed by atoms with van der Waals surface area (Å²) in [5.74, 6) is -1.46. The van der Waals surface area contributed by atoms with Crippen molar-refractivity contribution in [1.29, 1.82) is 5.26 Å². The Bertz CT molecular complexity index is 1010. The Balaban J connectivity index is 1.66. The summed E-state index contributed by atoms with van der Waals surface area (Å²) in [4.78, 5) is 14.7. The summed E-state index contributed by atoms with van der Waals surface area (Å²) in [7, 11) is -3.64. The van der Waals surface area contributed by atoms with E-state index < -0.39 is 15.6 Å². The number of nitriles is 1. The van der Waals surface area contributed by atoms with E-state index in [9.17, 15) is 17.6 Å². The zero-order valence-corrected chi connectivity index (χ0v) is 17.6. The maximum absolute atomic E-state index is 13.1. The third kappa shape index (κ3) is 6.14. The molecular weight excluding hydrogens is 403 g/mol. The molecule has 0 heterocycles. The molecule has 0 spiro atoms. The van der Waals surface area contributed by atoms with Crippen LogP contribution in [0, 0.1) is 17.1 Å². The van der Waals surface area contributed by atoms with Crippen molar-refractivity contribution in [2.24, 2.45) is 0 Å². The zero-order chi connectivity index (χ0) is 21.6. The first-order valence-corrected chi connectivity index (χ1v) is 11.9. The van der Waals surface area contributed by atoms with Gasteiger partial charge in [0.05, 0.1) is 17.4 Å². The number of hydrogen-bond donors (Lipinski definition) is 0. The maximum atomic E-state index is 13.1. The van der Waals surface area contributed by atoms with E-state index in [-0.39, 0.29) is 23.5 Å². The Morgan fingerprint density at radius 2 is 1.63 bits per heavy atom. The largest absolute Gasteiger partial charge is 0.339 e. The van der Waals surface area contributed by atoms with Gasteiger partial charge in [0, 0.05) is 12.6 Å². The number of rotatable bonds is 8. The number of nitrogens with zero attached hydrogens (tertiary/aromatic N) is 2. The molecule has 1 fully saturated rings. The van der Waals surface area contributed by atoms with E-state index in [0.29, 0.717) is 24.1 Å². The average Bonchev–Trinajstić information content (AvgIpc) is 3.24. The summed E-state index contributed by atoms with van der Waals surface area (Å²) in [5.41, 5.74) is 1.92. The summed E-state index contributed by atoms with van der Waals surface area (Å²) in [6.45, 7) is 0.418. The van der Waals surface area contributed by atoms with E-state index in [1.165, 1.54) is 12.1 Å². The van der Waals surface area contributed by atoms with E-state index in [1.54, 1.807) is 41.3 Å². The predicted molar refractivity (Wildman–Crippen MR) is 113 cm³/mol. The monoisotopic (exact) mass is 428 g/mol. The number of halogens is 1. The fraction of sp³-hybridized carbons (Fsp3) is 0.391. The van der Waals surface area contributed by atoms with Crippen LogP contribution < -0.4 is 0 Å². The highest BCUT2D eigenvalue weighted by Gasteiger charge is 2.29. The minimum atomic E-state index is -3.64. The van der Waals surface area contributed by atoms with Crippen molar-refractivity contribution in [3.05, 3.63) is 71.0 Å². The third-order valence-electron chi connectivity index (χ3n) is 5.45. The number of amides is 1. The van der Waals surface area contributed by atoms with Gasteiger partial charge in [0.1, 0.15) is 11.6 Å². The van der Waals surface area contributed by atoms with Gasteiger partial charge in [-0.15, -0.1) is 0 Å². The Labute approximate surface area is 177 Å². The lowest BCUT2D eigenvalue weighted by Crippen LogP contribution is -2.43. The molecule has 0 radical (unpaired) electrons. The van der Waals surface area contributed by atoms with Gasteiger partial charge in [-0.1, -0.05) is 37.1 Å². The van der Waals surface area contributed by atoms with Crippen LogP contribution in [0.3, 0.4) is 0 Å². The summed E-state index contributed by atoms with van der Waals surface area (Å²) >= 11 is 0. The Kier molecular flexibility index (Phi) is 7.22. The smallest absolute Gasteiger partial charge is 0.238 e. The van der Waals surface area contributed by atoms with Crippen molar-refractivity contribution in [3.8, 4) is 6.07 Å². The summed E-state index contributed by atoms with van der Waals surface area (Å²) < 4.78 is 38.4. The zero-order valence-electron chi connectivity index (χ0n) is 16.8. The molecule has 3 rings (SSSR count). The van der Waals surface area contributed by atoms with Gasteiger partial charge >= 0.3 is 0 Å². The first kappa shape index (κ1) is 22.0. The number of carbonyl (C=O) groups excluding carboxylic acids is 1. The van der Waals surface area contributed by atoms with Crippen LogP contribution in [0.2, 0.25) is 0 Å². The van der Waals surface area contributed by atoms with Crippen molar-refractivity contribution in [1.82, 2.24) is 4.90 Å². The minimum absolute atomic E-state index is 0.0584. The van der Waals surface area contributed by atoms with Gasteiger partial charge in [0.2, 0.25) is 5.91 Å². The van der Waals surface area contributed by atoms with Crippen LogP contribution in [-0.2, 0) is 26.8 Å². The molecule has 0 atom stereocenters. The van der Waals surface area contributed by atoms with Gasteiger partial charge in [-0.2, -0.15) is 5.26 Å². The SMILES string of the molecule is N#Cc1ccc(CS(=O)(=O)CC(=O)N(CCc2ccc(F)cc2)C2CCCC2)cc1. The van der Waals surface area contributed by atoms with E-state index in [1.807, 2.05) is 6.07 Å². The second kappa shape index (κ2) is 9.86. The lowest BCUT2D eigenvalue weighted by Gasteiger charge is -2.29. The molecule has 1 aliphatic rings. The first-order valence-electron chi connectivity index (χ1n) is 10.1. The predicted octanol–water partition coefficient (Wildman–Crippen LogP) is 3.63. The molecule has 5 nitrogen and oxygen atoms in total. The number of benzene rings is 2. The van der Waals surface area contributed by atoms with Gasteiger partial charge in [-0.05, 0) is 54.7 Å². The molecule has 0 bridgehead atoms. The first-order chi connectivity index (χ1) is 14.4. The van der Waals surface area contributed by atoms with E-state index >= 15 is 0 Å². The Morgan fingerprint density at radius 1 is 1.03 bits per heavy atom. The number of sulfone groups is 1. The van der Waals surface area contributed by atoms with Crippen LogP contribution in [-0.4, -0.2) is 37.6 Å². The van der Waals surface area contributed by atoms with Crippen LogP contribution in [0.5, 0.6) is 0 Å². The topological polar surface area (TPSA) is 78.2 Å². The van der Waals surface area contributed by atoms with Crippen molar-refractivity contribution in [2.75, 3.05) is 12.3 Å². The molecule has 1 aliphatic carbocycles. The molecule has 0 unspecified atom stereocenters. The molecule has 1 saturated carbocycles. The van der Waals surface area contributed by atoms with Crippen molar-refractivity contribution in [3.63, 3.8) is 0 Å². The normalized spacial score (nSPS) is 14.4. The molecule has 158 valence electrons. The maximum Gasteiger partial charge on any atom is 0.238 e. The molecule has 2 aromatic carbocycles. The number of carbonyl (C=O) groups is 1. The molecule has 0 N–H and O–H groups in total. The Hall–Kier alpha value is -2.72.